The Morgan fingerprint density at radius 3 is 3.00 bits per heavy atom. The number of amides is 1. The second-order valence-electron chi connectivity index (χ2n) is 4.18. The average Bonchev–Trinajstić information content (AvgIpc) is 2.55. The monoisotopic (exact) mass is 228 g/mol. The first-order valence-corrected chi connectivity index (χ1v) is 5.43. The van der Waals surface area contributed by atoms with Crippen molar-refractivity contribution in [1.82, 2.24) is 0 Å². The van der Waals surface area contributed by atoms with Crippen molar-refractivity contribution in [1.29, 1.82) is 5.26 Å². The molecule has 1 aromatic rings. The predicted molar refractivity (Wildman–Crippen MR) is 62.5 cm³/mol. The van der Waals surface area contributed by atoms with Crippen LogP contribution in [0.1, 0.15) is 29.3 Å². The van der Waals surface area contributed by atoms with Gasteiger partial charge in [0.1, 0.15) is 0 Å². The first-order chi connectivity index (χ1) is 8.11. The number of rotatable bonds is 2. The number of carbonyl (C=O) groups is 2. The summed E-state index contributed by atoms with van der Waals surface area (Å²) >= 11 is 0. The van der Waals surface area contributed by atoms with Gasteiger partial charge in [-0.15, -0.1) is 0 Å². The van der Waals surface area contributed by atoms with E-state index in [9.17, 15) is 9.59 Å². The summed E-state index contributed by atoms with van der Waals surface area (Å²) < 4.78 is 0. The van der Waals surface area contributed by atoms with Gasteiger partial charge in [-0.2, -0.15) is 5.26 Å². The first kappa shape index (κ1) is 11.3. The zero-order valence-electron chi connectivity index (χ0n) is 9.49. The zero-order valence-corrected chi connectivity index (χ0v) is 9.49. The quantitative estimate of drug-likeness (QED) is 0.840. The van der Waals surface area contributed by atoms with Gasteiger partial charge in [0.25, 0.3) is 0 Å². The fourth-order valence-electron chi connectivity index (χ4n) is 2.14. The maximum absolute atomic E-state index is 11.9. The number of hydrogen-bond acceptors (Lipinski definition) is 3. The Balaban J connectivity index is 2.27. The molecule has 1 unspecified atom stereocenters. The molecule has 0 heterocycles. The van der Waals surface area contributed by atoms with Gasteiger partial charge < -0.3 is 5.32 Å². The maximum atomic E-state index is 11.9. The van der Waals surface area contributed by atoms with Crippen LogP contribution in [0.5, 0.6) is 0 Å². The maximum Gasteiger partial charge on any atom is 0.221 e. The van der Waals surface area contributed by atoms with E-state index in [-0.39, 0.29) is 24.0 Å². The fraction of sp³-hybridized carbons (Fsp3) is 0.308. The third-order valence-corrected chi connectivity index (χ3v) is 2.87. The molecule has 1 aliphatic carbocycles. The van der Waals surface area contributed by atoms with E-state index < -0.39 is 0 Å². The highest BCUT2D eigenvalue weighted by Gasteiger charge is 2.30. The number of benzene rings is 1. The predicted octanol–water partition coefficient (Wildman–Crippen LogP) is 1.91. The van der Waals surface area contributed by atoms with Gasteiger partial charge >= 0.3 is 0 Å². The van der Waals surface area contributed by atoms with Gasteiger partial charge in [-0.1, -0.05) is 0 Å². The summed E-state index contributed by atoms with van der Waals surface area (Å²) in [5.41, 5.74) is 2.29. The van der Waals surface area contributed by atoms with Crippen molar-refractivity contribution in [2.24, 2.45) is 5.92 Å². The molecule has 2 rings (SSSR count). The van der Waals surface area contributed by atoms with Crippen LogP contribution in [-0.2, 0) is 11.2 Å². The molecule has 4 heteroatoms. The number of carbonyl (C=O) groups excluding carboxylic acids is 2. The zero-order chi connectivity index (χ0) is 12.4. The molecule has 0 saturated heterocycles. The van der Waals surface area contributed by atoms with E-state index in [1.165, 1.54) is 6.92 Å². The van der Waals surface area contributed by atoms with E-state index in [1.54, 1.807) is 12.1 Å². The van der Waals surface area contributed by atoms with Gasteiger partial charge in [-0.25, -0.2) is 0 Å². The summed E-state index contributed by atoms with van der Waals surface area (Å²) in [7, 11) is 0. The smallest absolute Gasteiger partial charge is 0.221 e. The molecule has 0 aliphatic heterocycles. The van der Waals surface area contributed by atoms with Crippen molar-refractivity contribution in [3.05, 3.63) is 29.3 Å². The molecule has 0 bridgehead atoms. The Morgan fingerprint density at radius 2 is 2.35 bits per heavy atom. The summed E-state index contributed by atoms with van der Waals surface area (Å²) in [6.45, 7) is 1.44. The molecule has 1 aromatic carbocycles. The average molecular weight is 228 g/mol. The van der Waals surface area contributed by atoms with Crippen LogP contribution in [0.4, 0.5) is 5.69 Å². The molecule has 1 aliphatic rings. The molecule has 0 fully saturated rings. The lowest BCUT2D eigenvalue weighted by Gasteiger charge is -2.03. The van der Waals surface area contributed by atoms with E-state index >= 15 is 0 Å². The molecular formula is C13H12N2O2. The summed E-state index contributed by atoms with van der Waals surface area (Å²) in [4.78, 5) is 22.8. The lowest BCUT2D eigenvalue weighted by molar-refractivity contribution is -0.114. The molecule has 0 spiro atoms. The van der Waals surface area contributed by atoms with Crippen molar-refractivity contribution in [3.8, 4) is 6.07 Å². The second-order valence-corrected chi connectivity index (χ2v) is 4.18. The summed E-state index contributed by atoms with van der Waals surface area (Å²) in [5, 5.41) is 11.3. The number of hydrogen-bond donors (Lipinski definition) is 1. The number of nitriles is 1. The topological polar surface area (TPSA) is 70.0 Å². The minimum absolute atomic E-state index is 0.0379. The molecule has 0 saturated carbocycles. The molecule has 86 valence electrons. The van der Waals surface area contributed by atoms with Crippen LogP contribution >= 0.6 is 0 Å². The Kier molecular flexibility index (Phi) is 2.92. The van der Waals surface area contributed by atoms with Crippen LogP contribution in [0.2, 0.25) is 0 Å². The van der Waals surface area contributed by atoms with Crippen molar-refractivity contribution < 1.29 is 9.59 Å². The van der Waals surface area contributed by atoms with E-state index in [1.807, 2.05) is 12.1 Å². The number of ketones is 1. The minimum atomic E-state index is -0.220. The molecule has 1 N–H and O–H groups in total. The lowest BCUT2D eigenvalue weighted by atomic mass is 10.0. The van der Waals surface area contributed by atoms with Gasteiger partial charge in [-0.05, 0) is 30.2 Å². The van der Waals surface area contributed by atoms with Gasteiger partial charge in [0.05, 0.1) is 6.07 Å². The summed E-state index contributed by atoms with van der Waals surface area (Å²) in [5.74, 6) is -0.318. The first-order valence-electron chi connectivity index (χ1n) is 5.43. The van der Waals surface area contributed by atoms with Gasteiger partial charge in [0.15, 0.2) is 5.78 Å². The summed E-state index contributed by atoms with van der Waals surface area (Å²) in [6, 6.07) is 7.28. The van der Waals surface area contributed by atoms with Crippen LogP contribution in [0.15, 0.2) is 18.2 Å². The number of Topliss-reactive ketones (excluding diaryl/α,β-unsaturated/α-hetero) is 1. The Bertz CT molecular complexity index is 529. The Hall–Kier alpha value is -2.15. The van der Waals surface area contributed by atoms with Crippen LogP contribution in [0.25, 0.3) is 0 Å². The minimum Gasteiger partial charge on any atom is -0.326 e. The van der Waals surface area contributed by atoms with Gasteiger partial charge in [0, 0.05) is 30.5 Å². The number of nitrogens with one attached hydrogen (secondary N) is 1. The van der Waals surface area contributed by atoms with Crippen molar-refractivity contribution >= 4 is 17.4 Å². The summed E-state index contributed by atoms with van der Waals surface area (Å²) in [6.07, 6.45) is 0.845. The Morgan fingerprint density at radius 1 is 1.59 bits per heavy atom. The van der Waals surface area contributed by atoms with Crippen LogP contribution in [-0.4, -0.2) is 11.7 Å². The standard InChI is InChI=1S/C13H12N2O2/c1-8(16)15-11-2-3-12-10(7-11)6-9(4-5-14)13(12)17/h2-3,7,9H,4,6H2,1H3,(H,15,16). The highest BCUT2D eigenvalue weighted by atomic mass is 16.1. The normalized spacial score (nSPS) is 17.4. The molecule has 0 radical (unpaired) electrons. The van der Waals surface area contributed by atoms with Crippen LogP contribution in [0.3, 0.4) is 0 Å². The Labute approximate surface area is 99.2 Å². The molecule has 1 atom stereocenters. The number of anilines is 1. The molecule has 4 nitrogen and oxygen atoms in total. The fourth-order valence-corrected chi connectivity index (χ4v) is 2.14. The number of fused-ring (bicyclic) bond motifs is 1. The van der Waals surface area contributed by atoms with Gasteiger partial charge in [0.2, 0.25) is 5.91 Å². The third-order valence-electron chi connectivity index (χ3n) is 2.87. The van der Waals surface area contributed by atoms with E-state index in [4.69, 9.17) is 5.26 Å². The molecule has 17 heavy (non-hydrogen) atoms. The van der Waals surface area contributed by atoms with Crippen molar-refractivity contribution in [3.63, 3.8) is 0 Å². The largest absolute Gasteiger partial charge is 0.326 e. The second kappa shape index (κ2) is 4.38. The van der Waals surface area contributed by atoms with Crippen molar-refractivity contribution in [2.75, 3.05) is 5.32 Å². The number of nitrogens with zero attached hydrogens (tertiary/aromatic N) is 1. The third kappa shape index (κ3) is 2.18. The van der Waals surface area contributed by atoms with E-state index in [0.29, 0.717) is 17.7 Å². The molecule has 1 amide bonds. The lowest BCUT2D eigenvalue weighted by Crippen LogP contribution is -2.07. The highest BCUT2D eigenvalue weighted by Crippen LogP contribution is 2.30. The highest BCUT2D eigenvalue weighted by molar-refractivity contribution is 6.03. The van der Waals surface area contributed by atoms with E-state index in [2.05, 4.69) is 5.32 Å². The van der Waals surface area contributed by atoms with Crippen molar-refractivity contribution in [2.45, 2.75) is 19.8 Å². The van der Waals surface area contributed by atoms with Crippen LogP contribution < -0.4 is 5.32 Å². The molecular weight excluding hydrogens is 216 g/mol. The van der Waals surface area contributed by atoms with Crippen LogP contribution in [0, 0.1) is 17.2 Å². The van der Waals surface area contributed by atoms with Gasteiger partial charge in [-0.3, -0.25) is 9.59 Å². The van der Waals surface area contributed by atoms with E-state index in [0.717, 1.165) is 5.56 Å². The SMILES string of the molecule is CC(=O)Nc1ccc2c(c1)CC(CC#N)C2=O. The molecule has 0 aromatic heterocycles.